The summed E-state index contributed by atoms with van der Waals surface area (Å²) in [5, 5.41) is 0. The van der Waals surface area contributed by atoms with E-state index in [-0.39, 0.29) is 22.5 Å². The molecule has 0 radical (unpaired) electrons. The number of aromatic nitrogens is 2. The van der Waals surface area contributed by atoms with Gasteiger partial charge >= 0.3 is 6.09 Å². The number of methoxy groups -OCH3 is 2. The third kappa shape index (κ3) is 4.32. The molecule has 0 unspecified atom stereocenters. The van der Waals surface area contributed by atoms with Gasteiger partial charge in [-0.15, -0.1) is 0 Å². The van der Waals surface area contributed by atoms with Gasteiger partial charge in [0.15, 0.2) is 11.5 Å². The number of imidazole rings is 1. The number of nitrogens with zero attached hydrogens (tertiary/aromatic N) is 3. The van der Waals surface area contributed by atoms with Crippen molar-refractivity contribution >= 4 is 17.1 Å². The molecule has 1 spiro atoms. The molecule has 2 atom stereocenters. The fraction of sp³-hybridized carbons (Fsp3) is 0.667. The van der Waals surface area contributed by atoms with Crippen LogP contribution in [-0.4, -0.2) is 53.5 Å². The van der Waals surface area contributed by atoms with Crippen molar-refractivity contribution in [3.05, 3.63) is 18.5 Å². The van der Waals surface area contributed by atoms with Crippen LogP contribution in [-0.2, 0) is 11.3 Å². The lowest BCUT2D eigenvalue weighted by molar-refractivity contribution is -0.0270. The molecule has 1 amide bonds. The number of rotatable bonds is 5. The Bertz CT molecular complexity index is 979. The van der Waals surface area contributed by atoms with Gasteiger partial charge in [-0.2, -0.15) is 0 Å². The third-order valence-electron chi connectivity index (χ3n) is 6.55. The van der Waals surface area contributed by atoms with E-state index in [1.54, 1.807) is 14.2 Å². The summed E-state index contributed by atoms with van der Waals surface area (Å²) in [4.78, 5) is 19.1. The molecule has 2 heterocycles. The van der Waals surface area contributed by atoms with E-state index < -0.39 is 0 Å². The lowest BCUT2D eigenvalue weighted by atomic mass is 9.68. The van der Waals surface area contributed by atoms with Crippen LogP contribution >= 0.6 is 0 Å². The summed E-state index contributed by atoms with van der Waals surface area (Å²) < 4.78 is 19.1. The molecular formula is C24H35N3O4. The van der Waals surface area contributed by atoms with Crippen molar-refractivity contribution in [2.45, 2.75) is 65.5 Å². The molecule has 1 aromatic carbocycles. The van der Waals surface area contributed by atoms with Gasteiger partial charge in [-0.05, 0) is 36.5 Å². The van der Waals surface area contributed by atoms with E-state index in [9.17, 15) is 4.79 Å². The van der Waals surface area contributed by atoms with Crippen LogP contribution in [0.3, 0.4) is 0 Å². The molecule has 7 nitrogen and oxygen atoms in total. The number of fused-ring (bicyclic) bond motifs is 1. The Morgan fingerprint density at radius 2 is 1.87 bits per heavy atom. The Kier molecular flexibility index (Phi) is 5.34. The second kappa shape index (κ2) is 7.61. The topological polar surface area (TPSA) is 65.8 Å². The lowest BCUT2D eigenvalue weighted by Gasteiger charge is -2.43. The maximum atomic E-state index is 12.6. The Labute approximate surface area is 184 Å². The maximum absolute atomic E-state index is 12.6. The van der Waals surface area contributed by atoms with Crippen LogP contribution in [0.2, 0.25) is 0 Å². The van der Waals surface area contributed by atoms with Crippen molar-refractivity contribution in [1.29, 1.82) is 0 Å². The van der Waals surface area contributed by atoms with Gasteiger partial charge in [0.2, 0.25) is 0 Å². The molecule has 1 aliphatic carbocycles. The van der Waals surface area contributed by atoms with Gasteiger partial charge in [0.05, 0.1) is 38.1 Å². The number of carbonyl (C=O) groups excluding carboxylic acids is 1. The minimum atomic E-state index is -0.382. The number of benzene rings is 1. The van der Waals surface area contributed by atoms with E-state index in [2.05, 4.69) is 37.2 Å². The first-order chi connectivity index (χ1) is 14.6. The highest BCUT2D eigenvalue weighted by Gasteiger charge is 2.51. The molecule has 0 bridgehead atoms. The fourth-order valence-electron chi connectivity index (χ4n) is 5.46. The molecule has 2 fully saturated rings. The molecule has 4 rings (SSSR count). The minimum Gasteiger partial charge on any atom is -0.493 e. The number of carbonyl (C=O) groups is 1. The van der Waals surface area contributed by atoms with Crippen LogP contribution in [0, 0.1) is 10.8 Å². The maximum Gasteiger partial charge on any atom is 0.410 e. The van der Waals surface area contributed by atoms with E-state index in [1.165, 1.54) is 0 Å². The first-order valence-corrected chi connectivity index (χ1v) is 11.1. The predicted octanol–water partition coefficient (Wildman–Crippen LogP) is 4.87. The van der Waals surface area contributed by atoms with Gasteiger partial charge < -0.3 is 23.7 Å². The molecule has 7 heteroatoms. The van der Waals surface area contributed by atoms with Gasteiger partial charge in [-0.25, -0.2) is 9.78 Å². The molecule has 0 N–H and O–H groups in total. The summed E-state index contributed by atoms with van der Waals surface area (Å²) in [6.45, 7) is 11.0. The Morgan fingerprint density at radius 1 is 1.16 bits per heavy atom. The fourth-order valence-corrected chi connectivity index (χ4v) is 5.46. The van der Waals surface area contributed by atoms with Gasteiger partial charge in [0.25, 0.3) is 0 Å². The van der Waals surface area contributed by atoms with E-state index >= 15 is 0 Å². The molecule has 1 aliphatic heterocycles. The van der Waals surface area contributed by atoms with Crippen LogP contribution < -0.4 is 9.47 Å². The standard InChI is InChI=1S/C24H35N3O4/c1-22(2,3)13-26-15-24(31-21(26)28)9-7-8-23(4,12-24)14-27-16-25-17-10-19(29-5)20(30-6)11-18(17)27/h10-11,16H,7-9,12-15H2,1-6H3/t23-,24-/m0/s1. The third-order valence-corrected chi connectivity index (χ3v) is 6.55. The Balaban J connectivity index is 1.56. The van der Waals surface area contributed by atoms with Gasteiger partial charge in [-0.1, -0.05) is 27.7 Å². The quantitative estimate of drug-likeness (QED) is 0.678. The van der Waals surface area contributed by atoms with E-state index in [0.717, 1.165) is 49.8 Å². The second-order valence-electron chi connectivity index (χ2n) is 10.9. The lowest BCUT2D eigenvalue weighted by Crippen LogP contribution is -2.45. The SMILES string of the molecule is COc1cc2ncn(C[C@@]3(C)CCC[C@@]4(CN(CC(C)(C)C)C(=O)O4)C3)c2cc1OC. The zero-order valence-electron chi connectivity index (χ0n) is 19.7. The number of ether oxygens (including phenoxy) is 3. The molecule has 170 valence electrons. The van der Waals surface area contributed by atoms with Crippen molar-refractivity contribution in [2.24, 2.45) is 10.8 Å². The molecule has 1 saturated heterocycles. The molecule has 1 aromatic heterocycles. The summed E-state index contributed by atoms with van der Waals surface area (Å²) in [5.74, 6) is 1.38. The first-order valence-electron chi connectivity index (χ1n) is 11.1. The number of hydrogen-bond acceptors (Lipinski definition) is 5. The smallest absolute Gasteiger partial charge is 0.410 e. The largest absolute Gasteiger partial charge is 0.493 e. The van der Waals surface area contributed by atoms with E-state index in [0.29, 0.717) is 18.0 Å². The molecule has 2 aromatic rings. The monoisotopic (exact) mass is 429 g/mol. The highest BCUT2D eigenvalue weighted by Crippen LogP contribution is 2.47. The zero-order valence-corrected chi connectivity index (χ0v) is 19.7. The van der Waals surface area contributed by atoms with Crippen LogP contribution in [0.25, 0.3) is 11.0 Å². The highest BCUT2D eigenvalue weighted by molar-refractivity contribution is 5.80. The molecule has 2 aliphatic rings. The average Bonchev–Trinajstić information content (AvgIpc) is 3.18. The van der Waals surface area contributed by atoms with E-state index in [4.69, 9.17) is 14.2 Å². The number of amides is 1. The number of hydrogen-bond donors (Lipinski definition) is 0. The summed E-state index contributed by atoms with van der Waals surface area (Å²) in [7, 11) is 3.28. The predicted molar refractivity (Wildman–Crippen MR) is 120 cm³/mol. The van der Waals surface area contributed by atoms with Gasteiger partial charge in [0.1, 0.15) is 5.60 Å². The van der Waals surface area contributed by atoms with Crippen LogP contribution in [0.5, 0.6) is 11.5 Å². The first kappa shape index (κ1) is 21.8. The van der Waals surface area contributed by atoms with Crippen molar-refractivity contribution in [1.82, 2.24) is 14.5 Å². The average molecular weight is 430 g/mol. The van der Waals surface area contributed by atoms with Gasteiger partial charge in [0, 0.05) is 25.2 Å². The highest BCUT2D eigenvalue weighted by atomic mass is 16.6. The molecular weight excluding hydrogens is 394 g/mol. The van der Waals surface area contributed by atoms with Crippen molar-refractivity contribution in [3.8, 4) is 11.5 Å². The van der Waals surface area contributed by atoms with Crippen molar-refractivity contribution < 1.29 is 19.0 Å². The van der Waals surface area contributed by atoms with Crippen LogP contribution in [0.4, 0.5) is 4.79 Å². The second-order valence-corrected chi connectivity index (χ2v) is 10.9. The Hall–Kier alpha value is -2.44. The van der Waals surface area contributed by atoms with Crippen LogP contribution in [0.1, 0.15) is 53.4 Å². The summed E-state index contributed by atoms with van der Waals surface area (Å²) >= 11 is 0. The normalized spacial score (nSPS) is 26.5. The summed E-state index contributed by atoms with van der Waals surface area (Å²) in [5.41, 5.74) is 1.59. The van der Waals surface area contributed by atoms with Gasteiger partial charge in [-0.3, -0.25) is 0 Å². The van der Waals surface area contributed by atoms with E-state index in [1.807, 2.05) is 23.4 Å². The molecule has 31 heavy (non-hydrogen) atoms. The minimum absolute atomic E-state index is 0.0110. The summed E-state index contributed by atoms with van der Waals surface area (Å²) in [6.07, 6.45) is 5.67. The molecule has 1 saturated carbocycles. The Morgan fingerprint density at radius 3 is 2.55 bits per heavy atom. The van der Waals surface area contributed by atoms with Crippen molar-refractivity contribution in [2.75, 3.05) is 27.3 Å². The van der Waals surface area contributed by atoms with Crippen molar-refractivity contribution in [3.63, 3.8) is 0 Å². The zero-order chi connectivity index (χ0) is 22.4. The van der Waals surface area contributed by atoms with Crippen LogP contribution in [0.15, 0.2) is 18.5 Å². The summed E-state index contributed by atoms with van der Waals surface area (Å²) in [6, 6.07) is 3.91.